The molecule has 0 aliphatic carbocycles. The van der Waals surface area contributed by atoms with Crippen molar-refractivity contribution in [3.8, 4) is 0 Å². The van der Waals surface area contributed by atoms with Gasteiger partial charge in [-0.25, -0.2) is 4.90 Å². The van der Waals surface area contributed by atoms with Gasteiger partial charge in [0, 0.05) is 4.88 Å². The number of carbonyl (C=O) groups excluding carboxylic acids is 3. The maximum absolute atomic E-state index is 13.3. The fourth-order valence-corrected chi connectivity index (χ4v) is 4.97. The summed E-state index contributed by atoms with van der Waals surface area (Å²) in [7, 11) is 0. The maximum Gasteiger partial charge on any atom is 0.326 e. The van der Waals surface area contributed by atoms with E-state index in [0.29, 0.717) is 5.69 Å². The van der Waals surface area contributed by atoms with Gasteiger partial charge in [0.15, 0.2) is 0 Å². The quantitative estimate of drug-likeness (QED) is 0.648. The minimum atomic E-state index is -1.26. The Kier molecular flexibility index (Phi) is 4.36. The minimum Gasteiger partial charge on any atom is -0.465 e. The molecule has 7 heteroatoms. The van der Waals surface area contributed by atoms with Crippen molar-refractivity contribution >= 4 is 34.8 Å². The molecule has 4 atom stereocenters. The molecule has 2 aromatic rings. The van der Waals surface area contributed by atoms with Crippen molar-refractivity contribution in [3.63, 3.8) is 0 Å². The molecule has 6 nitrogen and oxygen atoms in total. The Morgan fingerprint density at radius 3 is 2.56 bits per heavy atom. The number of carbonyl (C=O) groups is 3. The van der Waals surface area contributed by atoms with Crippen molar-refractivity contribution in [1.29, 1.82) is 0 Å². The van der Waals surface area contributed by atoms with Crippen LogP contribution in [0.25, 0.3) is 0 Å². The van der Waals surface area contributed by atoms with Crippen LogP contribution in [0.4, 0.5) is 5.69 Å². The Morgan fingerprint density at radius 1 is 1.19 bits per heavy atom. The number of hydrogen-bond donors (Lipinski definition) is 1. The maximum atomic E-state index is 13.3. The van der Waals surface area contributed by atoms with Crippen LogP contribution in [0.3, 0.4) is 0 Å². The van der Waals surface area contributed by atoms with Crippen molar-refractivity contribution in [1.82, 2.24) is 5.32 Å². The number of anilines is 1. The molecule has 2 aliphatic rings. The molecule has 1 aromatic heterocycles. The van der Waals surface area contributed by atoms with E-state index in [2.05, 4.69) is 5.32 Å². The number of esters is 1. The zero-order valence-electron chi connectivity index (χ0n) is 15.0. The number of imide groups is 1. The Balaban J connectivity index is 1.81. The van der Waals surface area contributed by atoms with Crippen LogP contribution in [0, 0.1) is 11.8 Å². The van der Waals surface area contributed by atoms with Crippen molar-refractivity contribution in [2.24, 2.45) is 11.8 Å². The SMILES string of the molecule is CCOC(=O)[C@@]1(C)N[C@@H](c2cccs2)[C@H]2C(=O)N(c3ccccc3)C(=O)[C@H]21. The third-order valence-electron chi connectivity index (χ3n) is 5.35. The van der Waals surface area contributed by atoms with Crippen LogP contribution < -0.4 is 10.2 Å². The lowest BCUT2D eigenvalue weighted by atomic mass is 9.81. The van der Waals surface area contributed by atoms with E-state index in [0.717, 1.165) is 4.88 Å². The number of benzene rings is 1. The molecular formula is C20H20N2O4S. The largest absolute Gasteiger partial charge is 0.465 e. The van der Waals surface area contributed by atoms with Crippen LogP contribution in [0.2, 0.25) is 0 Å². The predicted molar refractivity (Wildman–Crippen MR) is 101 cm³/mol. The van der Waals surface area contributed by atoms with Gasteiger partial charge < -0.3 is 4.74 Å². The summed E-state index contributed by atoms with van der Waals surface area (Å²) in [6.45, 7) is 3.60. The molecule has 0 radical (unpaired) electrons. The number of para-hydroxylation sites is 1. The fraction of sp³-hybridized carbons (Fsp3) is 0.350. The van der Waals surface area contributed by atoms with Crippen LogP contribution in [-0.2, 0) is 19.1 Å². The van der Waals surface area contributed by atoms with Gasteiger partial charge >= 0.3 is 5.97 Å². The van der Waals surface area contributed by atoms with Gasteiger partial charge in [0.25, 0.3) is 0 Å². The van der Waals surface area contributed by atoms with Crippen molar-refractivity contribution in [2.75, 3.05) is 11.5 Å². The first-order valence-corrected chi connectivity index (χ1v) is 9.78. The molecule has 1 aromatic carbocycles. The highest BCUT2D eigenvalue weighted by molar-refractivity contribution is 7.10. The van der Waals surface area contributed by atoms with E-state index in [9.17, 15) is 14.4 Å². The van der Waals surface area contributed by atoms with Crippen molar-refractivity contribution < 1.29 is 19.1 Å². The van der Waals surface area contributed by atoms with Crippen molar-refractivity contribution in [2.45, 2.75) is 25.4 Å². The molecule has 0 unspecified atom stereocenters. The predicted octanol–water partition coefficient (Wildman–Crippen LogP) is 2.52. The average Bonchev–Trinajstić information content (AvgIpc) is 3.34. The molecule has 1 N–H and O–H groups in total. The van der Waals surface area contributed by atoms with Gasteiger partial charge in [-0.15, -0.1) is 11.3 Å². The zero-order valence-corrected chi connectivity index (χ0v) is 15.9. The van der Waals surface area contributed by atoms with E-state index in [-0.39, 0.29) is 18.4 Å². The number of fused-ring (bicyclic) bond motifs is 1. The number of nitrogens with one attached hydrogen (secondary N) is 1. The number of ether oxygens (including phenoxy) is 1. The van der Waals surface area contributed by atoms with E-state index in [1.807, 2.05) is 23.6 Å². The number of hydrogen-bond acceptors (Lipinski definition) is 6. The van der Waals surface area contributed by atoms with E-state index in [1.165, 1.54) is 16.2 Å². The second kappa shape index (κ2) is 6.58. The summed E-state index contributed by atoms with van der Waals surface area (Å²) in [6, 6.07) is 12.3. The molecule has 140 valence electrons. The van der Waals surface area contributed by atoms with Crippen LogP contribution in [0.15, 0.2) is 47.8 Å². The molecule has 3 heterocycles. The number of amides is 2. The van der Waals surface area contributed by atoms with Crippen LogP contribution in [0.5, 0.6) is 0 Å². The first-order chi connectivity index (χ1) is 13.0. The fourth-order valence-electron chi connectivity index (χ4n) is 4.15. The second-order valence-electron chi connectivity index (χ2n) is 6.91. The third-order valence-corrected chi connectivity index (χ3v) is 6.31. The van der Waals surface area contributed by atoms with E-state index < -0.39 is 29.4 Å². The van der Waals surface area contributed by atoms with Gasteiger partial charge in [-0.05, 0) is 37.4 Å². The summed E-state index contributed by atoms with van der Waals surface area (Å²) in [5.74, 6) is -2.61. The average molecular weight is 384 g/mol. The summed E-state index contributed by atoms with van der Waals surface area (Å²) in [4.78, 5) is 41.5. The Morgan fingerprint density at radius 2 is 1.93 bits per heavy atom. The van der Waals surface area contributed by atoms with Gasteiger partial charge in [0.2, 0.25) is 11.8 Å². The Labute approximate surface area is 161 Å². The van der Waals surface area contributed by atoms with Gasteiger partial charge in [0.1, 0.15) is 5.54 Å². The first kappa shape index (κ1) is 17.9. The van der Waals surface area contributed by atoms with Gasteiger partial charge in [-0.2, -0.15) is 0 Å². The third kappa shape index (κ3) is 2.61. The number of thiophene rings is 1. The Bertz CT molecular complexity index is 883. The first-order valence-electron chi connectivity index (χ1n) is 8.90. The van der Waals surface area contributed by atoms with E-state index in [1.54, 1.807) is 38.1 Å². The van der Waals surface area contributed by atoms with Crippen LogP contribution >= 0.6 is 11.3 Å². The zero-order chi connectivity index (χ0) is 19.2. The highest BCUT2D eigenvalue weighted by Crippen LogP contribution is 2.50. The van der Waals surface area contributed by atoms with Gasteiger partial charge in [-0.3, -0.25) is 19.7 Å². The normalized spacial score (nSPS) is 29.9. The lowest BCUT2D eigenvalue weighted by molar-refractivity contribution is -0.153. The smallest absolute Gasteiger partial charge is 0.326 e. The monoisotopic (exact) mass is 384 g/mol. The van der Waals surface area contributed by atoms with Gasteiger partial charge in [0.05, 0.1) is 30.2 Å². The van der Waals surface area contributed by atoms with E-state index in [4.69, 9.17) is 4.74 Å². The molecule has 27 heavy (non-hydrogen) atoms. The summed E-state index contributed by atoms with van der Waals surface area (Å²) in [5, 5.41) is 5.18. The number of rotatable bonds is 4. The lowest BCUT2D eigenvalue weighted by Gasteiger charge is -2.28. The topological polar surface area (TPSA) is 75.7 Å². The summed E-state index contributed by atoms with van der Waals surface area (Å²) in [6.07, 6.45) is 0. The molecule has 4 rings (SSSR count). The highest BCUT2D eigenvalue weighted by atomic mass is 32.1. The summed E-state index contributed by atoms with van der Waals surface area (Å²) in [5.41, 5.74) is -0.732. The molecule has 2 aliphatic heterocycles. The van der Waals surface area contributed by atoms with Crippen LogP contribution in [0.1, 0.15) is 24.8 Å². The molecule has 0 spiro atoms. The van der Waals surface area contributed by atoms with E-state index >= 15 is 0 Å². The second-order valence-corrected chi connectivity index (χ2v) is 7.89. The van der Waals surface area contributed by atoms with Crippen LogP contribution in [-0.4, -0.2) is 29.9 Å². The molecule has 2 amide bonds. The highest BCUT2D eigenvalue weighted by Gasteiger charge is 2.67. The Hall–Kier alpha value is -2.51. The lowest BCUT2D eigenvalue weighted by Crippen LogP contribution is -2.54. The molecule has 2 fully saturated rings. The molecule has 2 saturated heterocycles. The standard InChI is InChI=1S/C20H20N2O4S/c1-3-26-19(25)20(2)15-14(16(21-20)13-10-7-11-27-13)17(23)22(18(15)24)12-8-5-4-6-9-12/h4-11,14-16,21H,3H2,1-2H3/t14-,15-,16-,20-/m0/s1. The molecule has 0 saturated carbocycles. The van der Waals surface area contributed by atoms with Crippen molar-refractivity contribution in [3.05, 3.63) is 52.7 Å². The summed E-state index contributed by atoms with van der Waals surface area (Å²) < 4.78 is 5.25. The minimum absolute atomic E-state index is 0.210. The number of nitrogens with zero attached hydrogens (tertiary/aromatic N) is 1. The summed E-state index contributed by atoms with van der Waals surface area (Å²) >= 11 is 1.50. The molecular weight excluding hydrogens is 364 g/mol. The molecule has 0 bridgehead atoms. The van der Waals surface area contributed by atoms with Gasteiger partial charge in [-0.1, -0.05) is 24.3 Å².